The summed E-state index contributed by atoms with van der Waals surface area (Å²) in [5.41, 5.74) is 5.89. The molecule has 0 spiro atoms. The predicted octanol–water partition coefficient (Wildman–Crippen LogP) is 1.02. The molecule has 0 bridgehead atoms. The molecule has 1 atom stereocenters. The zero-order chi connectivity index (χ0) is 11.4. The monoisotopic (exact) mass is 227 g/mol. The van der Waals surface area contributed by atoms with Gasteiger partial charge < -0.3 is 11.1 Å². The van der Waals surface area contributed by atoms with Crippen LogP contribution in [0.4, 0.5) is 5.13 Å². The predicted molar refractivity (Wildman–Crippen MR) is 59.0 cm³/mol. The van der Waals surface area contributed by atoms with Crippen LogP contribution in [0, 0.1) is 0 Å². The van der Waals surface area contributed by atoms with E-state index in [0.717, 1.165) is 0 Å². The Kier molecular flexibility index (Phi) is 3.93. The highest BCUT2D eigenvalue weighted by atomic mass is 32.1. The number of nitrogens with two attached hydrogens (primary N) is 1. The second-order valence-corrected chi connectivity index (χ2v) is 3.96. The third-order valence-corrected chi connectivity index (χ3v) is 2.63. The lowest BCUT2D eigenvalue weighted by Crippen LogP contribution is -2.34. The van der Waals surface area contributed by atoms with Crippen LogP contribution in [0.5, 0.6) is 0 Å². The lowest BCUT2D eigenvalue weighted by Gasteiger charge is -2.06. The minimum atomic E-state index is -0.533. The van der Waals surface area contributed by atoms with Gasteiger partial charge in [0.25, 0.3) is 0 Å². The van der Waals surface area contributed by atoms with Gasteiger partial charge in [0.1, 0.15) is 5.69 Å². The van der Waals surface area contributed by atoms with Gasteiger partial charge in [0.05, 0.1) is 6.04 Å². The quantitative estimate of drug-likeness (QED) is 0.752. The standard InChI is InChI=1S/C9H13N3O2S/c1-3-6(10)8(14)12-9-11-7(4-15-9)5(2)13/h4,6H,3,10H2,1-2H3,(H,11,12,14). The fourth-order valence-corrected chi connectivity index (χ4v) is 1.63. The van der Waals surface area contributed by atoms with E-state index in [0.29, 0.717) is 17.2 Å². The molecule has 0 radical (unpaired) electrons. The van der Waals surface area contributed by atoms with E-state index >= 15 is 0 Å². The highest BCUT2D eigenvalue weighted by Crippen LogP contribution is 2.15. The molecule has 0 aromatic carbocycles. The highest BCUT2D eigenvalue weighted by molar-refractivity contribution is 7.14. The number of anilines is 1. The first-order valence-electron chi connectivity index (χ1n) is 4.57. The summed E-state index contributed by atoms with van der Waals surface area (Å²) in [6.07, 6.45) is 0.566. The summed E-state index contributed by atoms with van der Waals surface area (Å²) in [6, 6.07) is -0.533. The Bertz CT molecular complexity index is 375. The van der Waals surface area contributed by atoms with Crippen molar-refractivity contribution in [2.75, 3.05) is 5.32 Å². The minimum Gasteiger partial charge on any atom is -0.320 e. The van der Waals surface area contributed by atoms with Crippen molar-refractivity contribution in [3.8, 4) is 0 Å². The van der Waals surface area contributed by atoms with Crippen molar-refractivity contribution < 1.29 is 9.59 Å². The van der Waals surface area contributed by atoms with Gasteiger partial charge in [0, 0.05) is 12.3 Å². The molecule has 0 aliphatic heterocycles. The molecule has 1 heterocycles. The Morgan fingerprint density at radius 3 is 2.80 bits per heavy atom. The third-order valence-electron chi connectivity index (χ3n) is 1.87. The number of aromatic nitrogens is 1. The molecule has 3 N–H and O–H groups in total. The molecule has 5 nitrogen and oxygen atoms in total. The molecule has 0 aliphatic rings. The Morgan fingerprint density at radius 1 is 1.67 bits per heavy atom. The minimum absolute atomic E-state index is 0.119. The number of ketones is 1. The maximum atomic E-state index is 11.4. The lowest BCUT2D eigenvalue weighted by molar-refractivity contribution is -0.117. The number of rotatable bonds is 4. The first-order valence-corrected chi connectivity index (χ1v) is 5.45. The van der Waals surface area contributed by atoms with Gasteiger partial charge in [-0.05, 0) is 6.42 Å². The number of nitrogens with one attached hydrogen (secondary N) is 1. The maximum Gasteiger partial charge on any atom is 0.243 e. The van der Waals surface area contributed by atoms with Crippen molar-refractivity contribution >= 4 is 28.2 Å². The van der Waals surface area contributed by atoms with Gasteiger partial charge in [-0.2, -0.15) is 0 Å². The molecule has 0 aliphatic carbocycles. The van der Waals surface area contributed by atoms with Crippen LogP contribution in [0.2, 0.25) is 0 Å². The van der Waals surface area contributed by atoms with Gasteiger partial charge in [-0.1, -0.05) is 6.92 Å². The molecule has 0 saturated carbocycles. The van der Waals surface area contributed by atoms with E-state index in [4.69, 9.17) is 5.73 Å². The summed E-state index contributed by atoms with van der Waals surface area (Å²) >= 11 is 1.21. The normalized spacial score (nSPS) is 12.2. The van der Waals surface area contributed by atoms with E-state index in [1.54, 1.807) is 5.38 Å². The molecule has 82 valence electrons. The Hall–Kier alpha value is -1.27. The van der Waals surface area contributed by atoms with Crippen LogP contribution in [-0.4, -0.2) is 22.7 Å². The lowest BCUT2D eigenvalue weighted by atomic mass is 10.2. The van der Waals surface area contributed by atoms with Gasteiger partial charge in [0.15, 0.2) is 10.9 Å². The summed E-state index contributed by atoms with van der Waals surface area (Å²) in [5, 5.41) is 4.58. The van der Waals surface area contributed by atoms with E-state index in [1.807, 2.05) is 6.92 Å². The smallest absolute Gasteiger partial charge is 0.243 e. The van der Waals surface area contributed by atoms with Crippen LogP contribution in [0.1, 0.15) is 30.8 Å². The van der Waals surface area contributed by atoms with Crippen LogP contribution < -0.4 is 11.1 Å². The molecule has 1 rings (SSSR count). The molecule has 1 aromatic heterocycles. The van der Waals surface area contributed by atoms with Crippen molar-refractivity contribution in [3.05, 3.63) is 11.1 Å². The van der Waals surface area contributed by atoms with Crippen molar-refractivity contribution in [1.29, 1.82) is 0 Å². The van der Waals surface area contributed by atoms with Gasteiger partial charge in [0.2, 0.25) is 5.91 Å². The van der Waals surface area contributed by atoms with E-state index in [9.17, 15) is 9.59 Å². The Balaban J connectivity index is 2.65. The summed E-state index contributed by atoms with van der Waals surface area (Å²) in [5.74, 6) is -0.395. The molecule has 0 saturated heterocycles. The molecule has 1 amide bonds. The zero-order valence-corrected chi connectivity index (χ0v) is 9.43. The first kappa shape index (κ1) is 11.8. The van der Waals surface area contributed by atoms with Crippen molar-refractivity contribution in [2.45, 2.75) is 26.3 Å². The summed E-state index contributed by atoms with van der Waals surface area (Å²) in [6.45, 7) is 3.26. The van der Waals surface area contributed by atoms with Crippen LogP contribution in [0.25, 0.3) is 0 Å². The van der Waals surface area contributed by atoms with Crippen LogP contribution in [0.3, 0.4) is 0 Å². The van der Waals surface area contributed by atoms with E-state index in [-0.39, 0.29) is 11.7 Å². The number of carbonyl (C=O) groups excluding carboxylic acids is 2. The second-order valence-electron chi connectivity index (χ2n) is 3.10. The highest BCUT2D eigenvalue weighted by Gasteiger charge is 2.13. The van der Waals surface area contributed by atoms with Crippen molar-refractivity contribution in [2.24, 2.45) is 5.73 Å². The molecule has 1 unspecified atom stereocenters. The van der Waals surface area contributed by atoms with Gasteiger partial charge in [-0.15, -0.1) is 11.3 Å². The summed E-state index contributed by atoms with van der Waals surface area (Å²) in [7, 11) is 0. The van der Waals surface area contributed by atoms with Crippen molar-refractivity contribution in [3.63, 3.8) is 0 Å². The Morgan fingerprint density at radius 2 is 2.33 bits per heavy atom. The third kappa shape index (κ3) is 3.10. The number of hydrogen-bond donors (Lipinski definition) is 2. The van der Waals surface area contributed by atoms with Gasteiger partial charge >= 0.3 is 0 Å². The zero-order valence-electron chi connectivity index (χ0n) is 8.61. The van der Waals surface area contributed by atoms with Crippen LogP contribution in [-0.2, 0) is 4.79 Å². The number of nitrogens with zero attached hydrogens (tertiary/aromatic N) is 1. The molecule has 6 heteroatoms. The van der Waals surface area contributed by atoms with E-state index in [2.05, 4.69) is 10.3 Å². The number of amides is 1. The molecule has 15 heavy (non-hydrogen) atoms. The largest absolute Gasteiger partial charge is 0.320 e. The fraction of sp³-hybridized carbons (Fsp3) is 0.444. The number of carbonyl (C=O) groups is 2. The van der Waals surface area contributed by atoms with Gasteiger partial charge in [-0.25, -0.2) is 4.98 Å². The molecular weight excluding hydrogens is 214 g/mol. The molecule has 1 aromatic rings. The first-order chi connectivity index (χ1) is 7.04. The number of Topliss-reactive ketones (excluding diaryl/α,β-unsaturated/α-hetero) is 1. The maximum absolute atomic E-state index is 11.4. The molecular formula is C9H13N3O2S. The second kappa shape index (κ2) is 4.99. The summed E-state index contributed by atoms with van der Waals surface area (Å²) in [4.78, 5) is 26.3. The number of hydrogen-bond acceptors (Lipinski definition) is 5. The topological polar surface area (TPSA) is 85.1 Å². The van der Waals surface area contributed by atoms with Gasteiger partial charge in [-0.3, -0.25) is 9.59 Å². The number of thiazole rings is 1. The Labute approximate surface area is 91.7 Å². The van der Waals surface area contributed by atoms with Crippen LogP contribution >= 0.6 is 11.3 Å². The fourth-order valence-electron chi connectivity index (χ4n) is 0.876. The average Bonchev–Trinajstić information content (AvgIpc) is 2.65. The van der Waals surface area contributed by atoms with E-state index < -0.39 is 6.04 Å². The summed E-state index contributed by atoms with van der Waals surface area (Å²) < 4.78 is 0. The van der Waals surface area contributed by atoms with Crippen molar-refractivity contribution in [1.82, 2.24) is 4.98 Å². The van der Waals surface area contributed by atoms with Crippen LogP contribution in [0.15, 0.2) is 5.38 Å². The SMILES string of the molecule is CCC(N)C(=O)Nc1nc(C(C)=O)cs1. The van der Waals surface area contributed by atoms with E-state index in [1.165, 1.54) is 18.3 Å². The average molecular weight is 227 g/mol. The molecule has 0 fully saturated rings.